The van der Waals surface area contributed by atoms with Crippen molar-refractivity contribution in [3.63, 3.8) is 0 Å². The molecule has 1 saturated heterocycles. The number of carbonyl (C=O) groups excluding carboxylic acids is 1. The number of hydrogen-bond donors (Lipinski definition) is 0. The summed E-state index contributed by atoms with van der Waals surface area (Å²) in [6.45, 7) is 2.79. The summed E-state index contributed by atoms with van der Waals surface area (Å²) in [4.78, 5) is 13.0. The topological polar surface area (TPSA) is 20.3 Å². The second-order valence-corrected chi connectivity index (χ2v) is 5.73. The molecule has 0 N–H and O–H groups in total. The number of carbonyl (C=O) groups is 1. The molecular weight excluding hydrogens is 248 g/mol. The molecule has 1 spiro atoms. The molecule has 1 unspecified atom stereocenters. The lowest BCUT2D eigenvalue weighted by Crippen LogP contribution is -2.32. The maximum Gasteiger partial charge on any atom is 0.263 e. The zero-order chi connectivity index (χ0) is 13.6. The maximum atomic E-state index is 12.8. The summed E-state index contributed by atoms with van der Waals surface area (Å²) >= 11 is 0. The lowest BCUT2D eigenvalue weighted by molar-refractivity contribution is -0.119. The molecule has 102 valence electrons. The summed E-state index contributed by atoms with van der Waals surface area (Å²) in [6.07, 6.45) is 0.560. The highest BCUT2D eigenvalue weighted by Gasteiger charge is 2.59. The Balaban J connectivity index is 1.91. The lowest BCUT2D eigenvalue weighted by Gasteiger charge is -2.22. The van der Waals surface area contributed by atoms with E-state index < -0.39 is 6.43 Å². The van der Waals surface area contributed by atoms with E-state index in [0.29, 0.717) is 12.5 Å². The van der Waals surface area contributed by atoms with Crippen LogP contribution in [0, 0.1) is 5.92 Å². The fraction of sp³-hybridized carbons (Fsp3) is 0.533. The molecule has 1 amide bonds. The van der Waals surface area contributed by atoms with Gasteiger partial charge in [-0.15, -0.1) is 0 Å². The minimum Gasteiger partial charge on any atom is -0.339 e. The first-order valence-corrected chi connectivity index (χ1v) is 6.68. The van der Waals surface area contributed by atoms with Crippen LogP contribution in [0.1, 0.15) is 43.2 Å². The van der Waals surface area contributed by atoms with Gasteiger partial charge in [-0.2, -0.15) is 0 Å². The molecule has 1 heterocycles. The van der Waals surface area contributed by atoms with Crippen LogP contribution in [0.2, 0.25) is 0 Å². The molecule has 0 radical (unpaired) electrons. The molecule has 19 heavy (non-hydrogen) atoms. The molecular formula is C15H17F2NO. The van der Waals surface area contributed by atoms with Gasteiger partial charge in [-0.3, -0.25) is 4.79 Å². The van der Waals surface area contributed by atoms with Gasteiger partial charge in [-0.25, -0.2) is 8.78 Å². The van der Waals surface area contributed by atoms with Crippen LogP contribution in [-0.4, -0.2) is 23.4 Å². The number of likely N-dealkylation sites (tertiary alicyclic amines) is 1. The largest absolute Gasteiger partial charge is 0.339 e. The Labute approximate surface area is 111 Å². The number of alkyl halides is 2. The van der Waals surface area contributed by atoms with Crippen molar-refractivity contribution in [2.75, 3.05) is 6.54 Å². The van der Waals surface area contributed by atoms with Crippen molar-refractivity contribution < 1.29 is 13.6 Å². The van der Waals surface area contributed by atoms with Crippen LogP contribution in [-0.2, 0) is 4.79 Å². The molecule has 0 bridgehead atoms. The van der Waals surface area contributed by atoms with Crippen LogP contribution < -0.4 is 0 Å². The predicted molar refractivity (Wildman–Crippen MR) is 68.0 cm³/mol. The van der Waals surface area contributed by atoms with Gasteiger partial charge < -0.3 is 4.90 Å². The summed E-state index contributed by atoms with van der Waals surface area (Å²) in [5, 5.41) is 0. The van der Waals surface area contributed by atoms with Gasteiger partial charge in [0.15, 0.2) is 0 Å². The lowest BCUT2D eigenvalue weighted by atomic mass is 9.85. The number of rotatable bonds is 3. The second kappa shape index (κ2) is 4.29. The van der Waals surface area contributed by atoms with Crippen LogP contribution in [0.5, 0.6) is 0 Å². The van der Waals surface area contributed by atoms with Gasteiger partial charge in [-0.05, 0) is 30.4 Å². The quantitative estimate of drug-likeness (QED) is 0.767. The van der Waals surface area contributed by atoms with E-state index >= 15 is 0 Å². The van der Waals surface area contributed by atoms with Gasteiger partial charge in [-0.1, -0.05) is 25.1 Å². The minimum atomic E-state index is -2.44. The van der Waals surface area contributed by atoms with Crippen molar-refractivity contribution in [1.82, 2.24) is 4.90 Å². The zero-order valence-corrected chi connectivity index (χ0v) is 10.9. The summed E-state index contributed by atoms with van der Waals surface area (Å²) in [7, 11) is 0. The Morgan fingerprint density at radius 1 is 1.42 bits per heavy atom. The molecule has 1 aliphatic heterocycles. The Morgan fingerprint density at radius 2 is 2.16 bits per heavy atom. The first-order valence-electron chi connectivity index (χ1n) is 6.68. The standard InChI is InChI=1S/C15H17F2NO/c1-10-13(8-18(9-19)15(10)5-6-15)11-3-2-4-12(7-11)14(16)17/h2-4,7,9-10,13-14H,5-6,8H2,1H3/t10-,13?/m0/s1. The average Bonchev–Trinajstić information content (AvgIpc) is 3.15. The van der Waals surface area contributed by atoms with E-state index in [0.717, 1.165) is 24.8 Å². The number of nitrogens with zero attached hydrogens (tertiary/aromatic N) is 1. The van der Waals surface area contributed by atoms with Crippen LogP contribution in [0.25, 0.3) is 0 Å². The number of benzene rings is 1. The molecule has 4 heteroatoms. The summed E-state index contributed by atoms with van der Waals surface area (Å²) in [5.74, 6) is 0.511. The Bertz CT molecular complexity index is 499. The molecule has 2 aliphatic rings. The van der Waals surface area contributed by atoms with Crippen molar-refractivity contribution in [1.29, 1.82) is 0 Å². The van der Waals surface area contributed by atoms with E-state index in [-0.39, 0.29) is 17.0 Å². The van der Waals surface area contributed by atoms with Gasteiger partial charge in [0.1, 0.15) is 0 Å². The van der Waals surface area contributed by atoms with E-state index in [9.17, 15) is 13.6 Å². The first-order chi connectivity index (χ1) is 9.08. The van der Waals surface area contributed by atoms with E-state index in [1.165, 1.54) is 6.07 Å². The number of amides is 1. The minimum absolute atomic E-state index is 0.00719. The van der Waals surface area contributed by atoms with Crippen molar-refractivity contribution >= 4 is 6.41 Å². The fourth-order valence-electron chi connectivity index (χ4n) is 3.53. The van der Waals surface area contributed by atoms with Crippen molar-refractivity contribution in [3.05, 3.63) is 35.4 Å². The number of hydrogen-bond acceptors (Lipinski definition) is 1. The van der Waals surface area contributed by atoms with Crippen LogP contribution >= 0.6 is 0 Å². The van der Waals surface area contributed by atoms with Crippen LogP contribution in [0.15, 0.2) is 24.3 Å². The van der Waals surface area contributed by atoms with E-state index in [4.69, 9.17) is 0 Å². The smallest absolute Gasteiger partial charge is 0.263 e. The molecule has 2 nitrogen and oxygen atoms in total. The second-order valence-electron chi connectivity index (χ2n) is 5.73. The highest BCUT2D eigenvalue weighted by atomic mass is 19.3. The summed E-state index contributed by atoms with van der Waals surface area (Å²) in [6, 6.07) is 6.64. The van der Waals surface area contributed by atoms with Gasteiger partial charge in [0.2, 0.25) is 6.41 Å². The van der Waals surface area contributed by atoms with Crippen molar-refractivity contribution in [3.8, 4) is 0 Å². The molecule has 3 rings (SSSR count). The van der Waals surface area contributed by atoms with Crippen LogP contribution in [0.3, 0.4) is 0 Å². The third-order valence-corrected chi connectivity index (χ3v) is 4.90. The van der Waals surface area contributed by atoms with Gasteiger partial charge >= 0.3 is 0 Å². The Hall–Kier alpha value is -1.45. The van der Waals surface area contributed by atoms with E-state index in [2.05, 4.69) is 6.92 Å². The molecule has 1 aliphatic carbocycles. The third kappa shape index (κ3) is 1.85. The summed E-state index contributed by atoms with van der Waals surface area (Å²) < 4.78 is 25.5. The van der Waals surface area contributed by atoms with Crippen molar-refractivity contribution in [2.24, 2.45) is 5.92 Å². The molecule has 2 fully saturated rings. The highest BCUT2D eigenvalue weighted by Crippen LogP contribution is 2.57. The SMILES string of the molecule is C[C@H]1C(c2cccc(C(F)F)c2)CN(C=O)C12CC2. The predicted octanol–water partition coefficient (Wildman–Crippen LogP) is 3.35. The third-order valence-electron chi connectivity index (χ3n) is 4.90. The zero-order valence-electron chi connectivity index (χ0n) is 10.9. The first kappa shape index (κ1) is 12.6. The molecule has 1 aromatic rings. The maximum absolute atomic E-state index is 12.8. The fourth-order valence-corrected chi connectivity index (χ4v) is 3.53. The van der Waals surface area contributed by atoms with Crippen LogP contribution in [0.4, 0.5) is 8.78 Å². The van der Waals surface area contributed by atoms with Crippen molar-refractivity contribution in [2.45, 2.75) is 37.6 Å². The Morgan fingerprint density at radius 3 is 2.68 bits per heavy atom. The van der Waals surface area contributed by atoms with Gasteiger partial charge in [0.25, 0.3) is 6.43 Å². The van der Waals surface area contributed by atoms with Gasteiger partial charge in [0, 0.05) is 23.6 Å². The van der Waals surface area contributed by atoms with Gasteiger partial charge in [0.05, 0.1) is 0 Å². The average molecular weight is 265 g/mol. The Kier molecular flexibility index (Phi) is 2.84. The highest BCUT2D eigenvalue weighted by molar-refractivity contribution is 5.53. The monoisotopic (exact) mass is 265 g/mol. The molecule has 2 atom stereocenters. The normalized spacial score (nSPS) is 28.1. The molecule has 1 saturated carbocycles. The summed E-state index contributed by atoms with van der Waals surface area (Å²) in [5.41, 5.74) is 1.01. The molecule has 1 aromatic carbocycles. The van der Waals surface area contributed by atoms with E-state index in [1.54, 1.807) is 12.1 Å². The number of halogens is 2. The van der Waals surface area contributed by atoms with E-state index in [1.807, 2.05) is 11.0 Å². The molecule has 0 aromatic heterocycles.